The average Bonchev–Trinajstić information content (AvgIpc) is 2.56. The Labute approximate surface area is 156 Å². The second-order valence-corrected chi connectivity index (χ2v) is 8.60. The number of halogens is 1. The largest absolute Gasteiger partial charge is 0.326 e. The normalized spacial score (nSPS) is 15.9. The van der Waals surface area contributed by atoms with E-state index in [-0.39, 0.29) is 35.2 Å². The molecule has 0 unspecified atom stereocenters. The summed E-state index contributed by atoms with van der Waals surface area (Å²) < 4.78 is 26.6. The summed E-state index contributed by atoms with van der Waals surface area (Å²) in [6, 6.07) is 4.75. The van der Waals surface area contributed by atoms with Gasteiger partial charge in [0, 0.05) is 24.7 Å². The van der Waals surface area contributed by atoms with Crippen molar-refractivity contribution in [1.82, 2.24) is 9.62 Å². The quantitative estimate of drug-likeness (QED) is 0.810. The number of rotatable bonds is 5. The van der Waals surface area contributed by atoms with Crippen LogP contribution in [-0.4, -0.2) is 44.8 Å². The third-order valence-corrected chi connectivity index (χ3v) is 6.61. The molecule has 8 heteroatoms. The molecule has 0 aliphatic carbocycles. The van der Waals surface area contributed by atoms with Crippen molar-refractivity contribution < 1.29 is 13.2 Å². The number of piperidine rings is 1. The van der Waals surface area contributed by atoms with Crippen molar-refractivity contribution in [2.75, 3.05) is 25.5 Å². The van der Waals surface area contributed by atoms with Gasteiger partial charge in [-0.2, -0.15) is 4.31 Å². The number of aryl methyl sites for hydroxylation is 1. The molecule has 1 saturated heterocycles. The Balaban J connectivity index is 0.00000312. The predicted octanol–water partition coefficient (Wildman–Crippen LogP) is 2.38. The van der Waals surface area contributed by atoms with E-state index in [4.69, 9.17) is 0 Å². The molecule has 1 amide bonds. The van der Waals surface area contributed by atoms with Gasteiger partial charge < -0.3 is 10.6 Å². The van der Waals surface area contributed by atoms with E-state index in [1.54, 1.807) is 25.2 Å². The van der Waals surface area contributed by atoms with Crippen LogP contribution in [0.3, 0.4) is 0 Å². The number of hydrogen-bond acceptors (Lipinski definition) is 4. The fraction of sp³-hybridized carbons (Fsp3) is 0.588. The van der Waals surface area contributed by atoms with Gasteiger partial charge in [-0.15, -0.1) is 12.4 Å². The van der Waals surface area contributed by atoms with E-state index in [9.17, 15) is 13.2 Å². The van der Waals surface area contributed by atoms with E-state index >= 15 is 0 Å². The Morgan fingerprint density at radius 2 is 1.88 bits per heavy atom. The predicted molar refractivity (Wildman–Crippen MR) is 103 cm³/mol. The molecule has 1 aromatic carbocycles. The van der Waals surface area contributed by atoms with Crippen LogP contribution in [0, 0.1) is 12.8 Å². The zero-order valence-electron chi connectivity index (χ0n) is 15.2. The first-order valence-electron chi connectivity index (χ1n) is 8.33. The van der Waals surface area contributed by atoms with E-state index in [0.29, 0.717) is 5.69 Å². The van der Waals surface area contributed by atoms with Gasteiger partial charge in [0.2, 0.25) is 15.9 Å². The first-order valence-corrected chi connectivity index (χ1v) is 9.77. The van der Waals surface area contributed by atoms with Crippen LogP contribution in [0.1, 0.15) is 32.3 Å². The van der Waals surface area contributed by atoms with Crippen molar-refractivity contribution in [2.24, 2.45) is 5.92 Å². The lowest BCUT2D eigenvalue weighted by molar-refractivity contribution is -0.120. The molecule has 2 N–H and O–H groups in total. The van der Waals surface area contributed by atoms with Gasteiger partial charge in [0.05, 0.1) is 4.90 Å². The molecule has 0 aromatic heterocycles. The van der Waals surface area contributed by atoms with Crippen molar-refractivity contribution in [3.8, 4) is 0 Å². The zero-order chi connectivity index (χ0) is 17.9. The van der Waals surface area contributed by atoms with Crippen LogP contribution in [0.25, 0.3) is 0 Å². The molecule has 2 rings (SSSR count). The number of carbonyl (C=O) groups is 1. The molecular weight excluding hydrogens is 362 g/mol. The van der Waals surface area contributed by atoms with E-state index in [1.165, 1.54) is 4.31 Å². The van der Waals surface area contributed by atoms with Crippen LogP contribution in [0.4, 0.5) is 5.69 Å². The minimum Gasteiger partial charge on any atom is -0.326 e. The third kappa shape index (κ3) is 5.17. The lowest BCUT2D eigenvalue weighted by Crippen LogP contribution is -2.35. The molecule has 0 spiro atoms. The molecule has 0 atom stereocenters. The average molecular weight is 390 g/mol. The molecule has 0 bridgehead atoms. The lowest BCUT2D eigenvalue weighted by atomic mass is 9.97. The number of benzene rings is 1. The summed E-state index contributed by atoms with van der Waals surface area (Å²) in [5.41, 5.74) is 1.42. The maximum absolute atomic E-state index is 12.6. The molecule has 1 fully saturated rings. The first-order chi connectivity index (χ1) is 11.2. The van der Waals surface area contributed by atoms with Crippen LogP contribution < -0.4 is 10.6 Å². The monoisotopic (exact) mass is 389 g/mol. The van der Waals surface area contributed by atoms with Gasteiger partial charge in [-0.3, -0.25) is 4.79 Å². The molecule has 25 heavy (non-hydrogen) atoms. The van der Waals surface area contributed by atoms with Crippen LogP contribution in [0.15, 0.2) is 23.1 Å². The van der Waals surface area contributed by atoms with E-state index in [0.717, 1.165) is 31.5 Å². The smallest absolute Gasteiger partial charge is 0.243 e. The van der Waals surface area contributed by atoms with Crippen molar-refractivity contribution in [3.63, 3.8) is 0 Å². The third-order valence-electron chi connectivity index (χ3n) is 4.58. The summed E-state index contributed by atoms with van der Waals surface area (Å²) in [7, 11) is -2.00. The number of nitrogens with zero attached hydrogens (tertiary/aromatic N) is 1. The minimum atomic E-state index is -3.57. The van der Waals surface area contributed by atoms with Crippen LogP contribution in [0.2, 0.25) is 0 Å². The Kier molecular flexibility index (Phi) is 7.87. The van der Waals surface area contributed by atoms with Gasteiger partial charge in [0.25, 0.3) is 0 Å². The lowest BCUT2D eigenvalue weighted by Gasteiger charge is -2.23. The summed E-state index contributed by atoms with van der Waals surface area (Å²) in [6.45, 7) is 7.19. The zero-order valence-corrected chi connectivity index (χ0v) is 16.8. The molecule has 0 saturated carbocycles. The molecule has 0 radical (unpaired) electrons. The fourth-order valence-electron chi connectivity index (χ4n) is 2.66. The Morgan fingerprint density at radius 3 is 2.44 bits per heavy atom. The molecule has 1 aromatic rings. The highest BCUT2D eigenvalue weighted by atomic mass is 35.5. The highest BCUT2D eigenvalue weighted by Crippen LogP contribution is 2.24. The highest BCUT2D eigenvalue weighted by molar-refractivity contribution is 7.89. The maximum Gasteiger partial charge on any atom is 0.243 e. The SMILES string of the molecule is Cc1ccc(S(=O)(=O)N(C)C(C)C)cc1NC(=O)C1CCNCC1.Cl. The number of amides is 1. The van der Waals surface area contributed by atoms with Crippen molar-refractivity contribution >= 4 is 34.0 Å². The second-order valence-electron chi connectivity index (χ2n) is 6.61. The van der Waals surface area contributed by atoms with Gasteiger partial charge in [-0.25, -0.2) is 8.42 Å². The van der Waals surface area contributed by atoms with Gasteiger partial charge in [-0.05, 0) is 64.4 Å². The molecule has 6 nitrogen and oxygen atoms in total. The molecule has 142 valence electrons. The van der Waals surface area contributed by atoms with E-state index in [2.05, 4.69) is 10.6 Å². The molecule has 1 heterocycles. The van der Waals surface area contributed by atoms with Gasteiger partial charge in [0.1, 0.15) is 0 Å². The number of nitrogens with one attached hydrogen (secondary N) is 2. The summed E-state index contributed by atoms with van der Waals surface area (Å²) in [4.78, 5) is 12.6. The minimum absolute atomic E-state index is 0. The number of hydrogen-bond donors (Lipinski definition) is 2. The van der Waals surface area contributed by atoms with Crippen molar-refractivity contribution in [1.29, 1.82) is 0 Å². The van der Waals surface area contributed by atoms with Crippen LogP contribution in [-0.2, 0) is 14.8 Å². The summed E-state index contributed by atoms with van der Waals surface area (Å²) >= 11 is 0. The number of sulfonamides is 1. The van der Waals surface area contributed by atoms with Crippen LogP contribution >= 0.6 is 12.4 Å². The fourth-order valence-corrected chi connectivity index (χ4v) is 4.05. The molecule has 1 aliphatic heterocycles. The first kappa shape index (κ1) is 21.9. The van der Waals surface area contributed by atoms with Crippen molar-refractivity contribution in [2.45, 2.75) is 44.6 Å². The Bertz CT molecular complexity index is 701. The summed E-state index contributed by atoms with van der Waals surface area (Å²) in [6.07, 6.45) is 1.61. The number of anilines is 1. The van der Waals surface area contributed by atoms with Gasteiger partial charge in [-0.1, -0.05) is 6.07 Å². The topological polar surface area (TPSA) is 78.5 Å². The van der Waals surface area contributed by atoms with E-state index in [1.807, 2.05) is 20.8 Å². The van der Waals surface area contributed by atoms with E-state index < -0.39 is 10.0 Å². The van der Waals surface area contributed by atoms with Crippen molar-refractivity contribution in [3.05, 3.63) is 23.8 Å². The standard InChI is InChI=1S/C17H27N3O3S.ClH/c1-12(2)20(4)24(22,23)15-6-5-13(3)16(11-15)19-17(21)14-7-9-18-10-8-14;/h5-6,11-12,14,18H,7-10H2,1-4H3,(H,19,21);1H. The second kappa shape index (κ2) is 8.98. The summed E-state index contributed by atoms with van der Waals surface area (Å²) in [5.74, 6) is -0.0596. The van der Waals surface area contributed by atoms with Crippen LogP contribution in [0.5, 0.6) is 0 Å². The molecule has 1 aliphatic rings. The summed E-state index contributed by atoms with van der Waals surface area (Å²) in [5, 5.41) is 6.14. The Morgan fingerprint density at radius 1 is 1.28 bits per heavy atom. The number of carbonyl (C=O) groups excluding carboxylic acids is 1. The maximum atomic E-state index is 12.6. The van der Waals surface area contributed by atoms with Gasteiger partial charge in [0.15, 0.2) is 0 Å². The highest BCUT2D eigenvalue weighted by Gasteiger charge is 2.25. The molecular formula is C17H28ClN3O3S. The van der Waals surface area contributed by atoms with Gasteiger partial charge >= 0.3 is 0 Å². The Hall–Kier alpha value is -1.15.